The van der Waals surface area contributed by atoms with Crippen LogP contribution in [0.4, 0.5) is 0 Å². The number of hydrogen-bond acceptors (Lipinski definition) is 3. The van der Waals surface area contributed by atoms with Crippen molar-refractivity contribution < 1.29 is 14.3 Å². The van der Waals surface area contributed by atoms with Gasteiger partial charge in [-0.1, -0.05) is 24.3 Å². The highest BCUT2D eigenvalue weighted by molar-refractivity contribution is 5.81. The molecular formula is C21H28N2O3. The number of ether oxygens (including phenoxy) is 1. The zero-order valence-corrected chi connectivity index (χ0v) is 15.4. The molecule has 1 saturated carbocycles. The van der Waals surface area contributed by atoms with Crippen LogP contribution >= 0.6 is 0 Å². The minimum Gasteiger partial charge on any atom is -0.378 e. The molecule has 140 valence electrons. The highest BCUT2D eigenvalue weighted by Crippen LogP contribution is 2.32. The second-order valence-electron chi connectivity index (χ2n) is 7.76. The number of rotatable bonds is 2. The summed E-state index contributed by atoms with van der Waals surface area (Å²) < 4.78 is 5.33. The molecule has 0 atom stereocenters. The van der Waals surface area contributed by atoms with Crippen molar-refractivity contribution in [2.24, 2.45) is 11.8 Å². The molecule has 2 heterocycles. The Labute approximate surface area is 155 Å². The fourth-order valence-electron chi connectivity index (χ4n) is 4.57. The maximum atomic E-state index is 13.0. The molecule has 2 amide bonds. The lowest BCUT2D eigenvalue weighted by Crippen LogP contribution is -2.45. The summed E-state index contributed by atoms with van der Waals surface area (Å²) in [6.45, 7) is 4.28. The second-order valence-corrected chi connectivity index (χ2v) is 7.76. The molecule has 0 unspecified atom stereocenters. The van der Waals surface area contributed by atoms with Crippen LogP contribution in [-0.4, -0.2) is 54.5 Å². The van der Waals surface area contributed by atoms with Gasteiger partial charge in [0.2, 0.25) is 11.8 Å². The van der Waals surface area contributed by atoms with Gasteiger partial charge in [-0.2, -0.15) is 0 Å². The Morgan fingerprint density at radius 2 is 1.38 bits per heavy atom. The SMILES string of the molecule is O=C(C1CCC(C(=O)N2CCc3ccccc3C2)CC1)N1CCOCC1. The van der Waals surface area contributed by atoms with E-state index in [-0.39, 0.29) is 23.7 Å². The summed E-state index contributed by atoms with van der Waals surface area (Å²) in [4.78, 5) is 29.6. The minimum absolute atomic E-state index is 0.0917. The number of nitrogens with zero attached hydrogens (tertiary/aromatic N) is 2. The van der Waals surface area contributed by atoms with Crippen molar-refractivity contribution in [2.45, 2.75) is 38.6 Å². The van der Waals surface area contributed by atoms with Crippen molar-refractivity contribution in [2.75, 3.05) is 32.8 Å². The van der Waals surface area contributed by atoms with E-state index in [1.807, 2.05) is 9.80 Å². The molecule has 1 aromatic rings. The van der Waals surface area contributed by atoms with Gasteiger partial charge >= 0.3 is 0 Å². The molecule has 5 heteroatoms. The van der Waals surface area contributed by atoms with Gasteiger partial charge in [-0.3, -0.25) is 9.59 Å². The molecule has 3 aliphatic rings. The molecule has 5 nitrogen and oxygen atoms in total. The molecule has 0 bridgehead atoms. The number of carbonyl (C=O) groups is 2. The van der Waals surface area contributed by atoms with Crippen LogP contribution in [-0.2, 0) is 27.3 Å². The van der Waals surface area contributed by atoms with E-state index in [4.69, 9.17) is 4.74 Å². The molecule has 0 radical (unpaired) electrons. The number of hydrogen-bond donors (Lipinski definition) is 0. The van der Waals surface area contributed by atoms with E-state index in [1.165, 1.54) is 11.1 Å². The summed E-state index contributed by atoms with van der Waals surface area (Å²) >= 11 is 0. The van der Waals surface area contributed by atoms with Crippen LogP contribution in [0.1, 0.15) is 36.8 Å². The third-order valence-corrected chi connectivity index (χ3v) is 6.19. The highest BCUT2D eigenvalue weighted by atomic mass is 16.5. The van der Waals surface area contributed by atoms with E-state index in [2.05, 4.69) is 24.3 Å². The first kappa shape index (κ1) is 17.5. The fourth-order valence-corrected chi connectivity index (χ4v) is 4.57. The molecule has 2 aliphatic heterocycles. The first-order valence-electron chi connectivity index (χ1n) is 9.94. The number of morpholine rings is 1. The van der Waals surface area contributed by atoms with Crippen molar-refractivity contribution >= 4 is 11.8 Å². The van der Waals surface area contributed by atoms with Gasteiger partial charge in [0.05, 0.1) is 13.2 Å². The monoisotopic (exact) mass is 356 g/mol. The Morgan fingerprint density at radius 1 is 0.808 bits per heavy atom. The average Bonchev–Trinajstić information content (AvgIpc) is 2.73. The zero-order valence-electron chi connectivity index (χ0n) is 15.4. The lowest BCUT2D eigenvalue weighted by atomic mass is 9.80. The van der Waals surface area contributed by atoms with E-state index in [0.717, 1.165) is 45.2 Å². The Bertz CT molecular complexity index is 661. The van der Waals surface area contributed by atoms with Gasteiger partial charge in [0.1, 0.15) is 0 Å². The third kappa shape index (κ3) is 3.63. The van der Waals surface area contributed by atoms with Gasteiger partial charge in [-0.05, 0) is 43.2 Å². The van der Waals surface area contributed by atoms with Crippen LogP contribution in [0.5, 0.6) is 0 Å². The number of benzene rings is 1. The third-order valence-electron chi connectivity index (χ3n) is 6.19. The highest BCUT2D eigenvalue weighted by Gasteiger charge is 2.34. The number of fused-ring (bicyclic) bond motifs is 1. The van der Waals surface area contributed by atoms with E-state index < -0.39 is 0 Å². The molecule has 1 aliphatic carbocycles. The van der Waals surface area contributed by atoms with Crippen LogP contribution in [0.2, 0.25) is 0 Å². The van der Waals surface area contributed by atoms with Crippen molar-refractivity contribution in [1.29, 1.82) is 0 Å². The quantitative estimate of drug-likeness (QED) is 0.817. The Morgan fingerprint density at radius 3 is 2.04 bits per heavy atom. The van der Waals surface area contributed by atoms with Gasteiger partial charge in [0.15, 0.2) is 0 Å². The Balaban J connectivity index is 1.30. The Hall–Kier alpha value is -1.88. The van der Waals surface area contributed by atoms with E-state index in [0.29, 0.717) is 26.3 Å². The van der Waals surface area contributed by atoms with Crippen LogP contribution in [0.25, 0.3) is 0 Å². The van der Waals surface area contributed by atoms with Gasteiger partial charge in [-0.15, -0.1) is 0 Å². The molecule has 1 saturated heterocycles. The largest absolute Gasteiger partial charge is 0.378 e. The van der Waals surface area contributed by atoms with Gasteiger partial charge in [-0.25, -0.2) is 0 Å². The lowest BCUT2D eigenvalue weighted by molar-refractivity contribution is -0.144. The molecule has 4 rings (SSSR count). The van der Waals surface area contributed by atoms with E-state index in [1.54, 1.807) is 0 Å². The fraction of sp³-hybridized carbons (Fsp3) is 0.619. The maximum Gasteiger partial charge on any atom is 0.225 e. The lowest BCUT2D eigenvalue weighted by Gasteiger charge is -2.36. The van der Waals surface area contributed by atoms with Crippen LogP contribution in [0.15, 0.2) is 24.3 Å². The molecule has 0 N–H and O–H groups in total. The summed E-state index contributed by atoms with van der Waals surface area (Å²) in [5, 5.41) is 0. The van der Waals surface area contributed by atoms with E-state index >= 15 is 0 Å². The van der Waals surface area contributed by atoms with Gasteiger partial charge < -0.3 is 14.5 Å². The van der Waals surface area contributed by atoms with Crippen LogP contribution < -0.4 is 0 Å². The molecule has 2 fully saturated rings. The predicted octanol–water partition coefficient (Wildman–Crippen LogP) is 2.24. The summed E-state index contributed by atoms with van der Waals surface area (Å²) in [5.41, 5.74) is 2.65. The predicted molar refractivity (Wildman–Crippen MR) is 98.4 cm³/mol. The van der Waals surface area contributed by atoms with Crippen molar-refractivity contribution in [3.63, 3.8) is 0 Å². The van der Waals surface area contributed by atoms with Crippen molar-refractivity contribution in [3.05, 3.63) is 35.4 Å². The molecule has 0 aromatic heterocycles. The zero-order chi connectivity index (χ0) is 17.9. The van der Waals surface area contributed by atoms with Gasteiger partial charge in [0.25, 0.3) is 0 Å². The van der Waals surface area contributed by atoms with Crippen LogP contribution in [0, 0.1) is 11.8 Å². The minimum atomic E-state index is 0.0917. The summed E-state index contributed by atoms with van der Waals surface area (Å²) in [6, 6.07) is 8.42. The van der Waals surface area contributed by atoms with Crippen molar-refractivity contribution in [1.82, 2.24) is 9.80 Å². The summed E-state index contributed by atoms with van der Waals surface area (Å²) in [7, 11) is 0. The summed E-state index contributed by atoms with van der Waals surface area (Å²) in [6.07, 6.45) is 4.33. The van der Waals surface area contributed by atoms with E-state index in [9.17, 15) is 9.59 Å². The molecule has 1 aromatic carbocycles. The Kier molecular flexibility index (Phi) is 5.25. The number of amides is 2. The van der Waals surface area contributed by atoms with Gasteiger partial charge in [0, 0.05) is 38.0 Å². The topological polar surface area (TPSA) is 49.9 Å². The molecular weight excluding hydrogens is 328 g/mol. The first-order valence-corrected chi connectivity index (χ1v) is 9.94. The average molecular weight is 356 g/mol. The number of carbonyl (C=O) groups excluding carboxylic acids is 2. The normalized spacial score (nSPS) is 26.3. The van der Waals surface area contributed by atoms with Crippen molar-refractivity contribution in [3.8, 4) is 0 Å². The molecule has 0 spiro atoms. The maximum absolute atomic E-state index is 13.0. The molecule has 26 heavy (non-hydrogen) atoms. The first-order chi connectivity index (χ1) is 12.7. The second kappa shape index (κ2) is 7.78. The summed E-state index contributed by atoms with van der Waals surface area (Å²) in [5.74, 6) is 0.746. The van der Waals surface area contributed by atoms with Crippen LogP contribution in [0.3, 0.4) is 0 Å². The standard InChI is InChI=1S/C21H28N2O3/c24-20(22-11-13-26-14-12-22)17-5-7-18(8-6-17)21(25)23-10-9-16-3-1-2-4-19(16)15-23/h1-4,17-18H,5-15H2. The smallest absolute Gasteiger partial charge is 0.225 e.